The lowest BCUT2D eigenvalue weighted by Gasteiger charge is -2.22. The van der Waals surface area contributed by atoms with Crippen molar-refractivity contribution in [1.82, 2.24) is 4.90 Å². The molecule has 1 rings (SSSR count). The van der Waals surface area contributed by atoms with Crippen molar-refractivity contribution in [1.29, 1.82) is 0 Å². The molecule has 1 aromatic rings. The third kappa shape index (κ3) is 5.35. The molecule has 0 aliphatic carbocycles. The maximum absolute atomic E-state index is 12.4. The van der Waals surface area contributed by atoms with E-state index in [-0.39, 0.29) is 17.4 Å². The predicted molar refractivity (Wildman–Crippen MR) is 88.2 cm³/mol. The van der Waals surface area contributed by atoms with Crippen molar-refractivity contribution >= 4 is 17.4 Å². The van der Waals surface area contributed by atoms with Crippen molar-refractivity contribution in [3.63, 3.8) is 0 Å². The summed E-state index contributed by atoms with van der Waals surface area (Å²) >= 11 is 0. The summed E-state index contributed by atoms with van der Waals surface area (Å²) in [6.45, 7) is 7.26. The first-order valence-electron chi connectivity index (χ1n) is 7.80. The number of carbonyl (C=O) groups excluding carboxylic acids is 1. The molecule has 0 aliphatic rings. The van der Waals surface area contributed by atoms with Gasteiger partial charge in [-0.25, -0.2) is 4.79 Å². The van der Waals surface area contributed by atoms with Crippen LogP contribution in [0.2, 0.25) is 0 Å². The van der Waals surface area contributed by atoms with Crippen LogP contribution in [-0.4, -0.2) is 28.9 Å². The fourth-order valence-electron chi connectivity index (χ4n) is 2.11. The molecule has 0 aromatic heterocycles. The van der Waals surface area contributed by atoms with Crippen LogP contribution in [0.5, 0.6) is 0 Å². The number of nitro groups is 1. The lowest BCUT2D eigenvalue weighted by atomic mass is 10.2. The van der Waals surface area contributed by atoms with Crippen molar-refractivity contribution < 1.29 is 9.72 Å². The van der Waals surface area contributed by atoms with E-state index >= 15 is 0 Å². The number of amides is 2. The molecule has 22 heavy (non-hydrogen) atoms. The quantitative estimate of drug-likeness (QED) is 0.573. The maximum atomic E-state index is 12.4. The van der Waals surface area contributed by atoms with Crippen LogP contribution in [0.25, 0.3) is 0 Å². The number of urea groups is 1. The van der Waals surface area contributed by atoms with E-state index in [1.807, 2.05) is 0 Å². The van der Waals surface area contributed by atoms with E-state index < -0.39 is 4.92 Å². The molecule has 0 spiro atoms. The summed E-state index contributed by atoms with van der Waals surface area (Å²) in [5, 5.41) is 13.8. The Morgan fingerprint density at radius 2 is 1.82 bits per heavy atom. The molecular formula is C16H25N3O3. The van der Waals surface area contributed by atoms with Crippen LogP contribution >= 0.6 is 0 Å². The number of nitrogens with zero attached hydrogens (tertiary/aromatic N) is 2. The van der Waals surface area contributed by atoms with Crippen LogP contribution in [0.1, 0.15) is 45.1 Å². The highest BCUT2D eigenvalue weighted by Gasteiger charge is 2.19. The van der Waals surface area contributed by atoms with E-state index in [4.69, 9.17) is 0 Å². The molecule has 0 atom stereocenters. The summed E-state index contributed by atoms with van der Waals surface area (Å²) in [6.07, 6.45) is 3.85. The largest absolute Gasteiger partial charge is 0.325 e. The van der Waals surface area contributed by atoms with Crippen molar-refractivity contribution in [3.05, 3.63) is 33.9 Å². The first-order chi connectivity index (χ1) is 10.5. The van der Waals surface area contributed by atoms with E-state index in [1.54, 1.807) is 24.0 Å². The molecule has 0 unspecified atom stereocenters. The second-order valence-corrected chi connectivity index (χ2v) is 5.40. The molecule has 0 saturated carbocycles. The highest BCUT2D eigenvalue weighted by atomic mass is 16.6. The van der Waals surface area contributed by atoms with Gasteiger partial charge in [0.1, 0.15) is 5.69 Å². The van der Waals surface area contributed by atoms with E-state index in [2.05, 4.69) is 19.2 Å². The highest BCUT2D eigenvalue weighted by molar-refractivity contribution is 5.91. The van der Waals surface area contributed by atoms with Crippen LogP contribution in [0.3, 0.4) is 0 Å². The second kappa shape index (κ2) is 9.02. The number of unbranched alkanes of at least 4 members (excludes halogenated alkanes) is 2. The number of hydrogen-bond acceptors (Lipinski definition) is 3. The number of aryl methyl sites for hydroxylation is 1. The normalized spacial score (nSPS) is 10.3. The third-order valence-corrected chi connectivity index (χ3v) is 3.44. The molecule has 6 heteroatoms. The first-order valence-corrected chi connectivity index (χ1v) is 7.80. The molecule has 1 N–H and O–H groups in total. The fraction of sp³-hybridized carbons (Fsp3) is 0.562. The van der Waals surface area contributed by atoms with Gasteiger partial charge in [-0.1, -0.05) is 32.8 Å². The molecule has 0 bridgehead atoms. The van der Waals surface area contributed by atoms with E-state index in [1.165, 1.54) is 6.07 Å². The predicted octanol–water partition coefficient (Wildman–Crippen LogP) is 4.34. The molecule has 0 aliphatic heterocycles. The molecular weight excluding hydrogens is 282 g/mol. The number of benzene rings is 1. The Bertz CT molecular complexity index is 509. The Balaban J connectivity index is 2.85. The Morgan fingerprint density at radius 3 is 2.32 bits per heavy atom. The van der Waals surface area contributed by atoms with Crippen LogP contribution in [0, 0.1) is 17.0 Å². The number of carbonyl (C=O) groups is 1. The topological polar surface area (TPSA) is 75.5 Å². The van der Waals surface area contributed by atoms with Gasteiger partial charge >= 0.3 is 6.03 Å². The molecule has 0 radical (unpaired) electrons. The molecule has 1 aromatic carbocycles. The first kappa shape index (κ1) is 17.9. The van der Waals surface area contributed by atoms with Crippen molar-refractivity contribution in [2.45, 2.75) is 46.5 Å². The zero-order valence-corrected chi connectivity index (χ0v) is 13.6. The highest BCUT2D eigenvalue weighted by Crippen LogP contribution is 2.25. The average Bonchev–Trinajstić information content (AvgIpc) is 2.48. The standard InChI is InChI=1S/C16H25N3O3/c1-4-6-10-18(11-7-5-2)16(20)17-14-9-8-13(3)12-15(14)19(21)22/h8-9,12H,4-7,10-11H2,1-3H3,(H,17,20). The molecule has 122 valence electrons. The summed E-state index contributed by atoms with van der Waals surface area (Å²) in [5.41, 5.74) is 0.969. The minimum atomic E-state index is -0.467. The molecule has 0 heterocycles. The van der Waals surface area contributed by atoms with Crippen LogP contribution in [-0.2, 0) is 0 Å². The fourth-order valence-corrected chi connectivity index (χ4v) is 2.11. The van der Waals surface area contributed by atoms with Gasteiger partial charge in [-0.05, 0) is 31.4 Å². The van der Waals surface area contributed by atoms with Gasteiger partial charge in [0.25, 0.3) is 5.69 Å². The van der Waals surface area contributed by atoms with Crippen molar-refractivity contribution in [2.24, 2.45) is 0 Å². The average molecular weight is 307 g/mol. The van der Waals surface area contributed by atoms with E-state index in [9.17, 15) is 14.9 Å². The SMILES string of the molecule is CCCCN(CCCC)C(=O)Nc1ccc(C)cc1[N+](=O)[O-]. The molecule has 2 amide bonds. The van der Waals surface area contributed by atoms with Gasteiger partial charge in [0.2, 0.25) is 0 Å². The van der Waals surface area contributed by atoms with Gasteiger partial charge < -0.3 is 10.2 Å². The Morgan fingerprint density at radius 1 is 1.23 bits per heavy atom. The van der Waals surface area contributed by atoms with Crippen LogP contribution < -0.4 is 5.32 Å². The van der Waals surface area contributed by atoms with Gasteiger partial charge in [-0.15, -0.1) is 0 Å². The minimum absolute atomic E-state index is 0.0701. The van der Waals surface area contributed by atoms with E-state index in [0.29, 0.717) is 13.1 Å². The summed E-state index contributed by atoms with van der Waals surface area (Å²) in [6, 6.07) is 4.54. The van der Waals surface area contributed by atoms with Crippen LogP contribution in [0.15, 0.2) is 18.2 Å². The van der Waals surface area contributed by atoms with Crippen molar-refractivity contribution in [2.75, 3.05) is 18.4 Å². The lowest BCUT2D eigenvalue weighted by Crippen LogP contribution is -2.36. The van der Waals surface area contributed by atoms with Crippen LogP contribution in [0.4, 0.5) is 16.2 Å². The summed E-state index contributed by atoms with van der Waals surface area (Å²) in [7, 11) is 0. The van der Waals surface area contributed by atoms with Gasteiger partial charge in [-0.3, -0.25) is 10.1 Å². The van der Waals surface area contributed by atoms with Crippen molar-refractivity contribution in [3.8, 4) is 0 Å². The van der Waals surface area contributed by atoms with Gasteiger partial charge in [0.05, 0.1) is 4.92 Å². The Kier molecular flexibility index (Phi) is 7.36. The number of anilines is 1. The zero-order valence-electron chi connectivity index (χ0n) is 13.6. The number of nitrogens with one attached hydrogen (secondary N) is 1. The van der Waals surface area contributed by atoms with Gasteiger partial charge in [0.15, 0.2) is 0 Å². The molecule has 6 nitrogen and oxygen atoms in total. The van der Waals surface area contributed by atoms with Gasteiger partial charge in [0, 0.05) is 19.2 Å². The Labute approximate surface area is 131 Å². The smallest absolute Gasteiger partial charge is 0.322 e. The Hall–Kier alpha value is -2.11. The maximum Gasteiger partial charge on any atom is 0.322 e. The lowest BCUT2D eigenvalue weighted by molar-refractivity contribution is -0.384. The zero-order chi connectivity index (χ0) is 16.5. The summed E-state index contributed by atoms with van der Waals surface area (Å²) in [4.78, 5) is 24.8. The molecule has 0 fully saturated rings. The second-order valence-electron chi connectivity index (χ2n) is 5.40. The summed E-state index contributed by atoms with van der Waals surface area (Å²) in [5.74, 6) is 0. The summed E-state index contributed by atoms with van der Waals surface area (Å²) < 4.78 is 0. The minimum Gasteiger partial charge on any atom is -0.325 e. The monoisotopic (exact) mass is 307 g/mol. The number of nitro benzene ring substituents is 1. The third-order valence-electron chi connectivity index (χ3n) is 3.44. The number of hydrogen-bond donors (Lipinski definition) is 1. The van der Waals surface area contributed by atoms with E-state index in [0.717, 1.165) is 31.2 Å². The number of rotatable bonds is 8. The van der Waals surface area contributed by atoms with Gasteiger partial charge in [-0.2, -0.15) is 0 Å². The molecule has 0 saturated heterocycles.